The summed E-state index contributed by atoms with van der Waals surface area (Å²) >= 11 is 0. The molecule has 0 unspecified atom stereocenters. The Morgan fingerprint density at radius 1 is 1.19 bits per heavy atom. The van der Waals surface area contributed by atoms with Gasteiger partial charge in [0.15, 0.2) is 0 Å². The Bertz CT molecular complexity index is 402. The monoisotopic (exact) mass is 234 g/mol. The fraction of sp³-hybridized carbons (Fsp3) is 0.222. The molecule has 0 spiro atoms. The summed E-state index contributed by atoms with van der Waals surface area (Å²) in [6, 6.07) is 4.20. The molecule has 0 aliphatic carbocycles. The van der Waals surface area contributed by atoms with Crippen LogP contribution in [0.25, 0.3) is 0 Å². The number of carboxylic acid groups (broad SMARTS) is 1. The first-order chi connectivity index (χ1) is 7.19. The number of nitrogen functional groups attached to an aromatic ring is 1. The summed E-state index contributed by atoms with van der Waals surface area (Å²) < 4.78 is 37.8. The van der Waals surface area contributed by atoms with Gasteiger partial charge >= 0.3 is 12.1 Å². The predicted octanol–water partition coefficient (Wildman–Crippen LogP) is 1.07. The van der Waals surface area contributed by atoms with E-state index >= 15 is 0 Å². The van der Waals surface area contributed by atoms with Crippen molar-refractivity contribution in [1.29, 1.82) is 0 Å². The summed E-state index contributed by atoms with van der Waals surface area (Å²) in [4.78, 5) is 10.7. The maximum absolute atomic E-state index is 12.6. The van der Waals surface area contributed by atoms with Crippen LogP contribution in [-0.4, -0.2) is 17.3 Å². The molecule has 1 aromatic carbocycles. The van der Waals surface area contributed by atoms with Crippen LogP contribution in [0.5, 0.6) is 0 Å². The molecule has 4 nitrogen and oxygen atoms in total. The van der Waals surface area contributed by atoms with Crippen LogP contribution in [0.1, 0.15) is 5.56 Å². The molecule has 0 heterocycles. The number of halogens is 3. The Hall–Kier alpha value is -1.76. The molecule has 0 saturated carbocycles. The summed E-state index contributed by atoms with van der Waals surface area (Å²) in [5.74, 6) is -2.16. The van der Waals surface area contributed by atoms with Crippen molar-refractivity contribution in [1.82, 2.24) is 0 Å². The third kappa shape index (κ3) is 1.81. The molecule has 0 aliphatic rings. The van der Waals surface area contributed by atoms with E-state index in [1.54, 1.807) is 0 Å². The molecule has 5 N–H and O–H groups in total. The summed E-state index contributed by atoms with van der Waals surface area (Å²) in [5, 5.41) is 8.61. The standard InChI is InChI=1S/C9H9F3N2O2/c10-9(11,12)8(14,7(15)16)5-1-3-6(13)4-2-5/h1-4H,13-14H2,(H,15,16)/t8-/m1/s1. The molecular weight excluding hydrogens is 225 g/mol. The smallest absolute Gasteiger partial charge is 0.421 e. The van der Waals surface area contributed by atoms with Gasteiger partial charge in [-0.05, 0) is 17.7 Å². The average Bonchev–Trinajstić information content (AvgIpc) is 2.15. The van der Waals surface area contributed by atoms with Gasteiger partial charge in [0.1, 0.15) is 0 Å². The van der Waals surface area contributed by atoms with Crippen LogP contribution in [0.3, 0.4) is 0 Å². The summed E-state index contributed by atoms with van der Waals surface area (Å²) in [6.45, 7) is 0. The normalized spacial score (nSPS) is 15.5. The number of rotatable bonds is 2. The van der Waals surface area contributed by atoms with E-state index in [1.807, 2.05) is 0 Å². The van der Waals surface area contributed by atoms with Crippen LogP contribution in [0.4, 0.5) is 18.9 Å². The van der Waals surface area contributed by atoms with Gasteiger partial charge in [0.05, 0.1) is 0 Å². The molecule has 0 fully saturated rings. The van der Waals surface area contributed by atoms with E-state index in [9.17, 15) is 18.0 Å². The number of carbonyl (C=O) groups is 1. The van der Waals surface area contributed by atoms with E-state index in [4.69, 9.17) is 16.6 Å². The van der Waals surface area contributed by atoms with Crippen LogP contribution in [0.15, 0.2) is 24.3 Å². The van der Waals surface area contributed by atoms with Crippen LogP contribution in [0.2, 0.25) is 0 Å². The Balaban J connectivity index is 3.34. The molecule has 1 atom stereocenters. The van der Waals surface area contributed by atoms with Crippen molar-refractivity contribution in [2.75, 3.05) is 5.73 Å². The van der Waals surface area contributed by atoms with E-state index in [1.165, 1.54) is 0 Å². The van der Waals surface area contributed by atoms with Crippen molar-refractivity contribution >= 4 is 11.7 Å². The van der Waals surface area contributed by atoms with Gasteiger partial charge in [-0.2, -0.15) is 13.2 Å². The van der Waals surface area contributed by atoms with E-state index in [-0.39, 0.29) is 5.69 Å². The maximum atomic E-state index is 12.6. The Morgan fingerprint density at radius 2 is 1.62 bits per heavy atom. The quantitative estimate of drug-likeness (QED) is 0.667. The minimum absolute atomic E-state index is 0.221. The second-order valence-electron chi connectivity index (χ2n) is 3.23. The van der Waals surface area contributed by atoms with E-state index in [0.29, 0.717) is 0 Å². The molecule has 1 rings (SSSR count). The predicted molar refractivity (Wildman–Crippen MR) is 50.4 cm³/mol. The van der Waals surface area contributed by atoms with Crippen molar-refractivity contribution in [3.63, 3.8) is 0 Å². The first kappa shape index (κ1) is 12.3. The van der Waals surface area contributed by atoms with Gasteiger partial charge in [0, 0.05) is 5.69 Å². The van der Waals surface area contributed by atoms with Crippen LogP contribution in [0, 0.1) is 0 Å². The molecule has 0 radical (unpaired) electrons. The number of hydrogen-bond donors (Lipinski definition) is 3. The number of carboxylic acids is 1. The molecule has 88 valence electrons. The SMILES string of the molecule is Nc1ccc([C@@](N)(C(=O)O)C(F)(F)F)cc1. The highest BCUT2D eigenvalue weighted by atomic mass is 19.4. The van der Waals surface area contributed by atoms with E-state index < -0.39 is 23.2 Å². The zero-order valence-corrected chi connectivity index (χ0v) is 7.95. The molecule has 0 aliphatic heterocycles. The van der Waals surface area contributed by atoms with Gasteiger partial charge in [0.2, 0.25) is 5.54 Å². The first-order valence-corrected chi connectivity index (χ1v) is 4.14. The molecule has 0 bridgehead atoms. The van der Waals surface area contributed by atoms with Crippen molar-refractivity contribution in [3.05, 3.63) is 29.8 Å². The van der Waals surface area contributed by atoms with Gasteiger partial charge in [-0.1, -0.05) is 12.1 Å². The van der Waals surface area contributed by atoms with Crippen LogP contribution < -0.4 is 11.5 Å². The summed E-state index contributed by atoms with van der Waals surface area (Å²) in [5.41, 5.74) is 6.45. The molecule has 7 heteroatoms. The number of nitrogens with two attached hydrogens (primary N) is 2. The highest BCUT2D eigenvalue weighted by Gasteiger charge is 2.59. The fourth-order valence-corrected chi connectivity index (χ4v) is 1.15. The molecule has 0 saturated heterocycles. The lowest BCUT2D eigenvalue weighted by Crippen LogP contribution is -2.56. The van der Waals surface area contributed by atoms with Crippen molar-refractivity contribution in [2.24, 2.45) is 5.73 Å². The van der Waals surface area contributed by atoms with Crippen molar-refractivity contribution in [3.8, 4) is 0 Å². The minimum atomic E-state index is -5.09. The number of alkyl halides is 3. The second-order valence-corrected chi connectivity index (χ2v) is 3.23. The van der Waals surface area contributed by atoms with E-state index in [0.717, 1.165) is 24.3 Å². The number of hydrogen-bond acceptors (Lipinski definition) is 3. The molecule has 1 aromatic rings. The second kappa shape index (κ2) is 3.67. The van der Waals surface area contributed by atoms with E-state index in [2.05, 4.69) is 0 Å². The largest absolute Gasteiger partial charge is 0.479 e. The molecule has 0 amide bonds. The Morgan fingerprint density at radius 3 is 1.94 bits per heavy atom. The Labute approximate surface area is 88.7 Å². The average molecular weight is 234 g/mol. The maximum Gasteiger partial charge on any atom is 0.421 e. The van der Waals surface area contributed by atoms with Gasteiger partial charge in [-0.15, -0.1) is 0 Å². The Kier molecular flexibility index (Phi) is 2.83. The van der Waals surface area contributed by atoms with Gasteiger partial charge in [-0.25, -0.2) is 4.79 Å². The van der Waals surface area contributed by atoms with Crippen molar-refractivity contribution < 1.29 is 23.1 Å². The lowest BCUT2D eigenvalue weighted by atomic mass is 9.90. The van der Waals surface area contributed by atoms with Crippen LogP contribution >= 0.6 is 0 Å². The number of anilines is 1. The number of aliphatic carboxylic acids is 1. The zero-order valence-electron chi connectivity index (χ0n) is 7.95. The molecule has 0 aromatic heterocycles. The van der Waals surface area contributed by atoms with Gasteiger partial charge in [0.25, 0.3) is 0 Å². The zero-order chi connectivity index (χ0) is 12.6. The topological polar surface area (TPSA) is 89.3 Å². The van der Waals surface area contributed by atoms with Crippen LogP contribution in [-0.2, 0) is 10.3 Å². The minimum Gasteiger partial charge on any atom is -0.479 e. The third-order valence-corrected chi connectivity index (χ3v) is 2.15. The lowest BCUT2D eigenvalue weighted by molar-refractivity contribution is -0.204. The summed E-state index contributed by atoms with van der Waals surface area (Å²) in [7, 11) is 0. The van der Waals surface area contributed by atoms with Crippen molar-refractivity contribution in [2.45, 2.75) is 11.7 Å². The summed E-state index contributed by atoms with van der Waals surface area (Å²) in [6.07, 6.45) is -5.09. The first-order valence-electron chi connectivity index (χ1n) is 4.14. The van der Waals surface area contributed by atoms with Gasteiger partial charge < -0.3 is 16.6 Å². The lowest BCUT2D eigenvalue weighted by Gasteiger charge is -2.27. The number of benzene rings is 1. The highest BCUT2D eigenvalue weighted by molar-refractivity contribution is 5.81. The van der Waals surface area contributed by atoms with Gasteiger partial charge in [-0.3, -0.25) is 0 Å². The third-order valence-electron chi connectivity index (χ3n) is 2.15. The molecular formula is C9H9F3N2O2. The molecule has 16 heavy (non-hydrogen) atoms. The highest BCUT2D eigenvalue weighted by Crippen LogP contribution is 2.37. The fourth-order valence-electron chi connectivity index (χ4n) is 1.15.